The number of allylic oxidation sites excluding steroid dienone is 2. The number of hydrogen-bond acceptors (Lipinski definition) is 7. The summed E-state index contributed by atoms with van der Waals surface area (Å²) in [6.45, 7) is 3.89. The number of carbonyl (C=O) groups excluding carboxylic acids is 2. The average molecular weight is 634 g/mol. The lowest BCUT2D eigenvalue weighted by Gasteiger charge is -2.36. The Kier molecular flexibility index (Phi) is 8.06. The van der Waals surface area contributed by atoms with E-state index in [2.05, 4.69) is 10.2 Å². The van der Waals surface area contributed by atoms with Crippen LogP contribution >= 0.6 is 23.2 Å². The van der Waals surface area contributed by atoms with Gasteiger partial charge < -0.3 is 19.4 Å². The molecule has 1 amide bonds. The van der Waals surface area contributed by atoms with Crippen LogP contribution in [-0.4, -0.2) is 56.3 Å². The van der Waals surface area contributed by atoms with Gasteiger partial charge in [0.05, 0.1) is 16.5 Å². The molecular formula is C33H30Cl2N4O5. The molecule has 226 valence electrons. The Morgan fingerprint density at radius 3 is 2.80 bits per heavy atom. The molecule has 0 bridgehead atoms. The third-order valence-electron chi connectivity index (χ3n) is 8.18. The summed E-state index contributed by atoms with van der Waals surface area (Å²) in [6.07, 6.45) is 7.61. The van der Waals surface area contributed by atoms with E-state index in [0.29, 0.717) is 47.5 Å². The Labute approximate surface area is 263 Å². The highest BCUT2D eigenvalue weighted by Crippen LogP contribution is 2.43. The van der Waals surface area contributed by atoms with Gasteiger partial charge in [0, 0.05) is 38.4 Å². The van der Waals surface area contributed by atoms with Crippen LogP contribution in [0.1, 0.15) is 49.7 Å². The van der Waals surface area contributed by atoms with Crippen molar-refractivity contribution in [2.75, 3.05) is 13.1 Å². The molecule has 2 unspecified atom stereocenters. The molecular weight excluding hydrogens is 603 g/mol. The first-order valence-electron chi connectivity index (χ1n) is 14.2. The number of aryl methyl sites for hydroxylation is 2. The van der Waals surface area contributed by atoms with E-state index in [1.54, 1.807) is 18.2 Å². The first kappa shape index (κ1) is 30.0. The average Bonchev–Trinajstić information content (AvgIpc) is 3.62. The van der Waals surface area contributed by atoms with E-state index < -0.39 is 22.4 Å². The van der Waals surface area contributed by atoms with Crippen LogP contribution in [0.2, 0.25) is 5.02 Å². The lowest BCUT2D eigenvalue weighted by atomic mass is 9.81. The van der Waals surface area contributed by atoms with Crippen LogP contribution in [0.5, 0.6) is 0 Å². The molecule has 3 atom stereocenters. The van der Waals surface area contributed by atoms with Crippen molar-refractivity contribution >= 4 is 52.1 Å². The summed E-state index contributed by atoms with van der Waals surface area (Å²) >= 11 is 14.0. The van der Waals surface area contributed by atoms with E-state index in [9.17, 15) is 19.5 Å². The number of aliphatic hydroxyl groups excluding tert-OH is 1. The topological polar surface area (TPSA) is 118 Å². The summed E-state index contributed by atoms with van der Waals surface area (Å²) in [4.78, 5) is 45.4. The maximum atomic E-state index is 13.9. The highest BCUT2D eigenvalue weighted by Gasteiger charge is 2.47. The molecule has 44 heavy (non-hydrogen) atoms. The number of pyridine rings is 1. The summed E-state index contributed by atoms with van der Waals surface area (Å²) in [5.41, 5.74) is 2.06. The van der Waals surface area contributed by atoms with E-state index >= 15 is 0 Å². The number of nitrogens with zero attached hydrogens (tertiary/aromatic N) is 3. The Bertz CT molecular complexity index is 1910. The van der Waals surface area contributed by atoms with Crippen LogP contribution in [0, 0.1) is 6.92 Å². The number of aliphatic hydroxyl groups is 1. The maximum Gasteiger partial charge on any atom is 0.263 e. The van der Waals surface area contributed by atoms with Gasteiger partial charge in [-0.2, -0.15) is 0 Å². The van der Waals surface area contributed by atoms with Gasteiger partial charge in [0.25, 0.3) is 11.5 Å². The molecule has 0 radical (unpaired) electrons. The number of hydrogen-bond donors (Lipinski definition) is 2. The second kappa shape index (κ2) is 11.8. The molecule has 0 saturated carbocycles. The normalized spacial score (nSPS) is 21.9. The molecule has 11 heteroatoms. The number of alkyl halides is 1. The summed E-state index contributed by atoms with van der Waals surface area (Å²) in [5.74, 6) is -0.674. The number of rotatable bonds is 7. The molecule has 2 aromatic carbocycles. The summed E-state index contributed by atoms with van der Waals surface area (Å²) in [6, 6.07) is 12.7. The SMILES string of the molecule is Cc1ccccc1C1=CC=CC(NC(=O)c2cc(C=O)cn(C)c2=O)(c2nc3cc(CN4CCC(O)C4)cc(Cl)c3o2)[C@@H]1Cl. The lowest BCUT2D eigenvalue weighted by Crippen LogP contribution is -2.53. The van der Waals surface area contributed by atoms with Crippen LogP contribution in [0.4, 0.5) is 0 Å². The summed E-state index contributed by atoms with van der Waals surface area (Å²) in [5, 5.41) is 12.3. The number of fused-ring (bicyclic) bond motifs is 1. The van der Waals surface area contributed by atoms with Crippen molar-refractivity contribution in [1.29, 1.82) is 0 Å². The second-order valence-corrected chi connectivity index (χ2v) is 12.2. The van der Waals surface area contributed by atoms with Gasteiger partial charge in [0.1, 0.15) is 11.1 Å². The third-order valence-corrected chi connectivity index (χ3v) is 9.04. The zero-order valence-corrected chi connectivity index (χ0v) is 25.6. The minimum Gasteiger partial charge on any atom is -0.436 e. The van der Waals surface area contributed by atoms with Gasteiger partial charge in [-0.15, -0.1) is 11.6 Å². The first-order valence-corrected chi connectivity index (χ1v) is 15.0. The smallest absolute Gasteiger partial charge is 0.263 e. The van der Waals surface area contributed by atoms with E-state index in [0.717, 1.165) is 23.2 Å². The van der Waals surface area contributed by atoms with Gasteiger partial charge in [-0.3, -0.25) is 19.3 Å². The van der Waals surface area contributed by atoms with Gasteiger partial charge >= 0.3 is 0 Å². The number of benzene rings is 2. The standard InChI is InChI=1S/C33H30Cl2N4O5/c1-19-6-3-4-7-23(19)24-8-5-10-33(29(24)35,37-30(42)25-12-21(18-40)15-38(2)31(25)43)32-36-27-14-20(13-26(34)28(27)44-32)16-39-11-9-22(41)17-39/h3-8,10,12-15,18,22,29,41H,9,11,16-17H2,1-2H3,(H,37,42)/t22?,29-,33?/m1/s1. The van der Waals surface area contributed by atoms with Gasteiger partial charge in [0.2, 0.25) is 5.89 Å². The quantitative estimate of drug-likeness (QED) is 0.223. The second-order valence-electron chi connectivity index (χ2n) is 11.3. The van der Waals surface area contributed by atoms with Crippen molar-refractivity contribution in [3.8, 4) is 0 Å². The van der Waals surface area contributed by atoms with Crippen LogP contribution in [0.3, 0.4) is 0 Å². The molecule has 2 aromatic heterocycles. The molecule has 0 spiro atoms. The number of aromatic nitrogens is 2. The van der Waals surface area contributed by atoms with Gasteiger partial charge in [-0.05, 0) is 59.9 Å². The van der Waals surface area contributed by atoms with Gasteiger partial charge in [-0.25, -0.2) is 4.98 Å². The first-order chi connectivity index (χ1) is 21.1. The number of nitrogens with one attached hydrogen (secondary N) is 1. The fourth-order valence-corrected chi connectivity index (χ4v) is 6.61. The van der Waals surface area contributed by atoms with E-state index in [-0.39, 0.29) is 23.1 Å². The molecule has 3 heterocycles. The molecule has 1 saturated heterocycles. The number of aldehydes is 1. The van der Waals surface area contributed by atoms with Crippen LogP contribution in [0.25, 0.3) is 16.7 Å². The zero-order valence-electron chi connectivity index (χ0n) is 24.1. The van der Waals surface area contributed by atoms with Gasteiger partial charge in [-0.1, -0.05) is 48.0 Å². The van der Waals surface area contributed by atoms with Crippen molar-refractivity contribution in [2.24, 2.45) is 7.05 Å². The van der Waals surface area contributed by atoms with Crippen LogP contribution in [-0.2, 0) is 19.1 Å². The van der Waals surface area contributed by atoms with E-state index in [1.807, 2.05) is 43.3 Å². The highest BCUT2D eigenvalue weighted by atomic mass is 35.5. The van der Waals surface area contributed by atoms with E-state index in [1.165, 1.54) is 23.9 Å². The fraction of sp³-hybridized carbons (Fsp3) is 0.273. The van der Waals surface area contributed by atoms with E-state index in [4.69, 9.17) is 32.6 Å². The summed E-state index contributed by atoms with van der Waals surface area (Å²) < 4.78 is 7.47. The Hall–Kier alpha value is -4.02. The van der Waals surface area contributed by atoms with Crippen molar-refractivity contribution in [3.05, 3.63) is 116 Å². The fourth-order valence-electron chi connectivity index (χ4n) is 5.93. The largest absolute Gasteiger partial charge is 0.436 e. The molecule has 1 aliphatic heterocycles. The highest BCUT2D eigenvalue weighted by molar-refractivity contribution is 6.34. The van der Waals surface area contributed by atoms with Crippen molar-refractivity contribution in [2.45, 2.75) is 36.9 Å². The van der Waals surface area contributed by atoms with Gasteiger partial charge in [0.15, 0.2) is 17.4 Å². The minimum absolute atomic E-state index is 0.0790. The number of amides is 1. The van der Waals surface area contributed by atoms with Crippen LogP contribution < -0.4 is 10.9 Å². The third kappa shape index (κ3) is 5.41. The number of β-amino-alcohol motifs (C(OH)–C–C–N with tert-alkyl or cyclic N) is 1. The lowest BCUT2D eigenvalue weighted by molar-refractivity contribution is 0.0905. The molecule has 9 nitrogen and oxygen atoms in total. The Morgan fingerprint density at radius 2 is 2.07 bits per heavy atom. The molecule has 2 N–H and O–H groups in total. The Balaban J connectivity index is 1.46. The predicted octanol–water partition coefficient (Wildman–Crippen LogP) is 4.75. The molecule has 4 aromatic rings. The molecule has 2 aliphatic rings. The number of oxazole rings is 1. The predicted molar refractivity (Wildman–Crippen MR) is 169 cm³/mol. The Morgan fingerprint density at radius 1 is 1.27 bits per heavy atom. The maximum absolute atomic E-state index is 13.9. The van der Waals surface area contributed by atoms with Crippen LogP contribution in [0.15, 0.2) is 76.1 Å². The molecule has 6 rings (SSSR count). The summed E-state index contributed by atoms with van der Waals surface area (Å²) in [7, 11) is 1.47. The monoisotopic (exact) mass is 632 g/mol. The zero-order chi connectivity index (χ0) is 31.2. The number of halogens is 2. The van der Waals surface area contributed by atoms with Crippen molar-refractivity contribution < 1.29 is 19.1 Å². The molecule has 1 aliphatic carbocycles. The van der Waals surface area contributed by atoms with Crippen molar-refractivity contribution in [1.82, 2.24) is 19.8 Å². The van der Waals surface area contributed by atoms with Crippen molar-refractivity contribution in [3.63, 3.8) is 0 Å². The number of likely N-dealkylation sites (tertiary alicyclic amines) is 1. The minimum atomic E-state index is -1.55. The number of carbonyl (C=O) groups is 2. The molecule has 1 fully saturated rings.